The van der Waals surface area contributed by atoms with Crippen molar-refractivity contribution in [2.75, 3.05) is 13.2 Å². The Morgan fingerprint density at radius 1 is 0.435 bits per heavy atom. The van der Waals surface area contributed by atoms with Gasteiger partial charge in [-0.05, 0) is 51.4 Å². The molecule has 46 heavy (non-hydrogen) atoms. The molecule has 0 aliphatic rings. The zero-order chi connectivity index (χ0) is 33.8. The zero-order valence-corrected chi connectivity index (χ0v) is 30.3. The van der Waals surface area contributed by atoms with Crippen molar-refractivity contribution in [2.45, 2.75) is 200 Å². The third kappa shape index (κ3) is 33.3. The number of ether oxygens (including phenoxy) is 3. The van der Waals surface area contributed by atoms with Gasteiger partial charge >= 0.3 is 17.9 Å². The molecule has 0 amide bonds. The number of hydrogen-bond acceptors (Lipinski definition) is 6. The normalized spacial score (nSPS) is 12.2. The number of unbranched alkanes of at least 4 members (excludes halogenated alkanes) is 19. The minimum atomic E-state index is -0.764. The number of rotatable bonds is 34. The maximum absolute atomic E-state index is 12.5. The van der Waals surface area contributed by atoms with E-state index in [2.05, 4.69) is 45.1 Å². The van der Waals surface area contributed by atoms with Crippen LogP contribution in [-0.4, -0.2) is 37.2 Å². The Hall–Kier alpha value is -2.11. The third-order valence-corrected chi connectivity index (χ3v) is 8.21. The van der Waals surface area contributed by atoms with E-state index in [4.69, 9.17) is 14.2 Å². The van der Waals surface area contributed by atoms with Gasteiger partial charge in [-0.3, -0.25) is 14.4 Å². The minimum Gasteiger partial charge on any atom is -0.462 e. The van der Waals surface area contributed by atoms with Crippen LogP contribution in [0.1, 0.15) is 194 Å². The van der Waals surface area contributed by atoms with Crippen molar-refractivity contribution in [1.29, 1.82) is 0 Å². The third-order valence-electron chi connectivity index (χ3n) is 8.21. The van der Waals surface area contributed by atoms with Crippen LogP contribution in [0.25, 0.3) is 0 Å². The quantitative estimate of drug-likeness (QED) is 0.0299. The summed E-state index contributed by atoms with van der Waals surface area (Å²) in [4.78, 5) is 37.1. The van der Waals surface area contributed by atoms with Crippen LogP contribution < -0.4 is 0 Å². The topological polar surface area (TPSA) is 78.9 Å². The molecule has 0 rings (SSSR count). The second-order valence-electron chi connectivity index (χ2n) is 12.8. The molecule has 0 saturated carbocycles. The molecular weight excluding hydrogens is 576 g/mol. The van der Waals surface area contributed by atoms with Gasteiger partial charge in [0.25, 0.3) is 0 Å². The first-order chi connectivity index (χ1) is 22.5. The van der Waals surface area contributed by atoms with Crippen LogP contribution in [-0.2, 0) is 28.6 Å². The van der Waals surface area contributed by atoms with Crippen molar-refractivity contribution in [1.82, 2.24) is 0 Å². The largest absolute Gasteiger partial charge is 0.462 e. The number of carbonyl (C=O) groups is 3. The molecule has 0 aliphatic carbocycles. The average molecular weight is 649 g/mol. The van der Waals surface area contributed by atoms with Crippen molar-refractivity contribution >= 4 is 17.9 Å². The summed E-state index contributed by atoms with van der Waals surface area (Å²) < 4.78 is 16.4. The molecule has 0 aromatic rings. The molecule has 6 heteroatoms. The summed E-state index contributed by atoms with van der Waals surface area (Å²) in [6, 6.07) is 0. The van der Waals surface area contributed by atoms with Gasteiger partial charge in [0.15, 0.2) is 6.10 Å². The van der Waals surface area contributed by atoms with Gasteiger partial charge < -0.3 is 14.2 Å². The first-order valence-corrected chi connectivity index (χ1v) is 19.3. The Labute approximate surface area is 283 Å². The van der Waals surface area contributed by atoms with Gasteiger partial charge in [0.1, 0.15) is 13.2 Å². The van der Waals surface area contributed by atoms with Crippen LogP contribution in [0.15, 0.2) is 24.3 Å². The highest BCUT2D eigenvalue weighted by molar-refractivity contribution is 5.71. The SMILES string of the molecule is CCCCCC/C=C\C/C=C\CCCCCCCC(=O)OCC(COC(=O)CCCCCCC)OC(=O)CCCCCCCCC. The van der Waals surface area contributed by atoms with E-state index >= 15 is 0 Å². The van der Waals surface area contributed by atoms with Gasteiger partial charge in [0.05, 0.1) is 0 Å². The molecule has 0 bridgehead atoms. The maximum Gasteiger partial charge on any atom is 0.306 e. The molecule has 268 valence electrons. The van der Waals surface area contributed by atoms with E-state index < -0.39 is 6.10 Å². The second kappa shape index (κ2) is 35.7. The van der Waals surface area contributed by atoms with Crippen LogP contribution >= 0.6 is 0 Å². The van der Waals surface area contributed by atoms with Crippen LogP contribution in [0.2, 0.25) is 0 Å². The van der Waals surface area contributed by atoms with E-state index in [0.29, 0.717) is 19.3 Å². The molecule has 0 radical (unpaired) electrons. The molecule has 0 N–H and O–H groups in total. The Morgan fingerprint density at radius 2 is 0.783 bits per heavy atom. The van der Waals surface area contributed by atoms with Gasteiger partial charge in [-0.15, -0.1) is 0 Å². The Morgan fingerprint density at radius 3 is 1.22 bits per heavy atom. The van der Waals surface area contributed by atoms with Crippen molar-refractivity contribution in [2.24, 2.45) is 0 Å². The monoisotopic (exact) mass is 649 g/mol. The predicted molar refractivity (Wildman–Crippen MR) is 192 cm³/mol. The molecule has 0 fully saturated rings. The van der Waals surface area contributed by atoms with E-state index in [1.165, 1.54) is 70.6 Å². The Bertz CT molecular complexity index is 759. The molecular formula is C40H72O6. The zero-order valence-electron chi connectivity index (χ0n) is 30.3. The van der Waals surface area contributed by atoms with E-state index in [1.807, 2.05) is 0 Å². The lowest BCUT2D eigenvalue weighted by Gasteiger charge is -2.18. The summed E-state index contributed by atoms with van der Waals surface area (Å²) in [5.74, 6) is -0.914. The van der Waals surface area contributed by atoms with Crippen molar-refractivity contribution < 1.29 is 28.6 Å². The molecule has 0 spiro atoms. The van der Waals surface area contributed by atoms with Crippen molar-refractivity contribution in [3.63, 3.8) is 0 Å². The van der Waals surface area contributed by atoms with Gasteiger partial charge in [-0.2, -0.15) is 0 Å². The number of hydrogen-bond donors (Lipinski definition) is 0. The summed E-state index contributed by atoms with van der Waals surface area (Å²) in [7, 11) is 0. The highest BCUT2D eigenvalue weighted by Gasteiger charge is 2.19. The summed E-state index contributed by atoms with van der Waals surface area (Å²) in [5, 5.41) is 0. The van der Waals surface area contributed by atoms with Gasteiger partial charge in [0, 0.05) is 19.3 Å². The van der Waals surface area contributed by atoms with Crippen LogP contribution in [0, 0.1) is 0 Å². The Kier molecular flexibility index (Phi) is 34.1. The highest BCUT2D eigenvalue weighted by atomic mass is 16.6. The fourth-order valence-electron chi connectivity index (χ4n) is 5.23. The lowest BCUT2D eigenvalue weighted by atomic mass is 10.1. The molecule has 0 saturated heterocycles. The lowest BCUT2D eigenvalue weighted by Crippen LogP contribution is -2.30. The fraction of sp³-hybridized carbons (Fsp3) is 0.825. The molecule has 0 aromatic carbocycles. The standard InChI is InChI=1S/C40H72O6/c1-4-7-10-13-15-16-17-18-19-20-21-22-23-25-27-30-33-39(42)45-36-37(35-44-38(41)32-29-26-12-9-6-3)46-40(43)34-31-28-24-14-11-8-5-2/h16-17,19-20,37H,4-15,18,21-36H2,1-3H3/b17-16-,20-19-. The van der Waals surface area contributed by atoms with E-state index in [1.54, 1.807) is 0 Å². The summed E-state index contributed by atoms with van der Waals surface area (Å²) in [6.07, 6.45) is 36.3. The van der Waals surface area contributed by atoms with Crippen LogP contribution in [0.4, 0.5) is 0 Å². The molecule has 6 nitrogen and oxygen atoms in total. The molecule has 0 aliphatic heterocycles. The number of carbonyl (C=O) groups excluding carboxylic acids is 3. The van der Waals surface area contributed by atoms with Crippen molar-refractivity contribution in [3.05, 3.63) is 24.3 Å². The first kappa shape index (κ1) is 43.9. The number of allylic oxidation sites excluding steroid dienone is 4. The Balaban J connectivity index is 4.22. The molecule has 0 heterocycles. The van der Waals surface area contributed by atoms with E-state index in [0.717, 1.165) is 83.5 Å². The molecule has 1 atom stereocenters. The second-order valence-corrected chi connectivity index (χ2v) is 12.8. The van der Waals surface area contributed by atoms with Crippen LogP contribution in [0.3, 0.4) is 0 Å². The number of esters is 3. The highest BCUT2D eigenvalue weighted by Crippen LogP contribution is 2.12. The summed E-state index contributed by atoms with van der Waals surface area (Å²) in [5.41, 5.74) is 0. The van der Waals surface area contributed by atoms with Gasteiger partial charge in [0.2, 0.25) is 0 Å². The molecule has 1 unspecified atom stereocenters. The van der Waals surface area contributed by atoms with E-state index in [-0.39, 0.29) is 31.1 Å². The van der Waals surface area contributed by atoms with Gasteiger partial charge in [-0.25, -0.2) is 0 Å². The fourth-order valence-corrected chi connectivity index (χ4v) is 5.23. The summed E-state index contributed by atoms with van der Waals surface area (Å²) in [6.45, 7) is 6.45. The lowest BCUT2D eigenvalue weighted by molar-refractivity contribution is -0.167. The maximum atomic E-state index is 12.5. The average Bonchev–Trinajstić information content (AvgIpc) is 3.05. The molecule has 0 aromatic heterocycles. The minimum absolute atomic E-state index is 0.0758. The first-order valence-electron chi connectivity index (χ1n) is 19.3. The summed E-state index contributed by atoms with van der Waals surface area (Å²) >= 11 is 0. The van der Waals surface area contributed by atoms with E-state index in [9.17, 15) is 14.4 Å². The van der Waals surface area contributed by atoms with Crippen LogP contribution in [0.5, 0.6) is 0 Å². The van der Waals surface area contributed by atoms with Crippen molar-refractivity contribution in [3.8, 4) is 0 Å². The predicted octanol–water partition coefficient (Wildman–Crippen LogP) is 11.7. The van der Waals surface area contributed by atoms with Gasteiger partial charge in [-0.1, -0.05) is 148 Å². The smallest absolute Gasteiger partial charge is 0.306 e.